The molecule has 5 nitrogen and oxygen atoms in total. The van der Waals surface area contributed by atoms with Gasteiger partial charge in [-0.3, -0.25) is 0 Å². The Hall–Kier alpha value is -2.30. The van der Waals surface area contributed by atoms with Gasteiger partial charge in [0.15, 0.2) is 0 Å². The number of imidazole rings is 1. The predicted octanol–water partition coefficient (Wildman–Crippen LogP) is 5.02. The number of hydrogen-bond acceptors (Lipinski definition) is 2. The smallest absolute Gasteiger partial charge is 0.321 e. The number of anilines is 1. The summed E-state index contributed by atoms with van der Waals surface area (Å²) < 4.78 is 2.44. The van der Waals surface area contributed by atoms with Crippen molar-refractivity contribution in [2.75, 3.05) is 18.4 Å². The molecule has 28 heavy (non-hydrogen) atoms. The molecule has 0 unspecified atom stereocenters. The van der Waals surface area contributed by atoms with Crippen molar-refractivity contribution in [1.82, 2.24) is 14.5 Å². The number of aromatic nitrogens is 2. The van der Waals surface area contributed by atoms with Gasteiger partial charge in [0.05, 0.1) is 0 Å². The minimum Gasteiger partial charge on any atom is -0.332 e. The summed E-state index contributed by atoms with van der Waals surface area (Å²) in [5.41, 5.74) is 4.61. The zero-order valence-corrected chi connectivity index (χ0v) is 17.4. The molecule has 5 heteroatoms. The van der Waals surface area contributed by atoms with Gasteiger partial charge in [-0.2, -0.15) is 0 Å². The van der Waals surface area contributed by atoms with Crippen molar-refractivity contribution in [3.63, 3.8) is 0 Å². The van der Waals surface area contributed by atoms with Crippen LogP contribution in [0.15, 0.2) is 24.4 Å². The lowest BCUT2D eigenvalue weighted by Crippen LogP contribution is -2.41. The molecule has 1 saturated heterocycles. The Balaban J connectivity index is 1.31. The van der Waals surface area contributed by atoms with Crippen LogP contribution in [0.5, 0.6) is 0 Å². The topological polar surface area (TPSA) is 50.2 Å². The lowest BCUT2D eigenvalue weighted by atomic mass is 9.84. The molecule has 2 aliphatic rings. The summed E-state index contributed by atoms with van der Waals surface area (Å²) in [5.74, 6) is 2.58. The van der Waals surface area contributed by atoms with Crippen LogP contribution in [0.1, 0.15) is 60.7 Å². The molecule has 0 radical (unpaired) electrons. The van der Waals surface area contributed by atoms with Crippen molar-refractivity contribution in [1.29, 1.82) is 0 Å². The molecule has 1 aliphatic heterocycles. The fourth-order valence-corrected chi connectivity index (χ4v) is 4.31. The Morgan fingerprint density at radius 1 is 1.11 bits per heavy atom. The van der Waals surface area contributed by atoms with E-state index in [9.17, 15) is 4.79 Å². The van der Waals surface area contributed by atoms with E-state index < -0.39 is 0 Å². The second-order valence-corrected chi connectivity index (χ2v) is 8.66. The molecule has 2 amide bonds. The van der Waals surface area contributed by atoms with E-state index in [1.54, 1.807) is 0 Å². The first-order valence-electron chi connectivity index (χ1n) is 10.7. The van der Waals surface area contributed by atoms with Gasteiger partial charge in [0.25, 0.3) is 0 Å². The average molecular weight is 381 g/mol. The van der Waals surface area contributed by atoms with Gasteiger partial charge < -0.3 is 14.8 Å². The van der Waals surface area contributed by atoms with Crippen molar-refractivity contribution in [3.05, 3.63) is 47.0 Å². The highest BCUT2D eigenvalue weighted by Gasteiger charge is 2.28. The van der Waals surface area contributed by atoms with Crippen molar-refractivity contribution in [2.24, 2.45) is 5.92 Å². The molecule has 2 heterocycles. The fourth-order valence-electron chi connectivity index (χ4n) is 4.31. The molecule has 1 aromatic heterocycles. The zero-order chi connectivity index (χ0) is 19.7. The number of carbonyl (C=O) groups excluding carboxylic acids is 1. The molecule has 0 atom stereocenters. The first-order valence-corrected chi connectivity index (χ1v) is 10.7. The predicted molar refractivity (Wildman–Crippen MR) is 113 cm³/mol. The summed E-state index contributed by atoms with van der Waals surface area (Å²) in [7, 11) is 0. The molecule has 0 bridgehead atoms. The SMILES string of the molecule is Cc1ccc(NC(=O)N2CCC(Cn3c(C)cnc3C3CCC3)CC2)cc1C. The molecular weight excluding hydrogens is 348 g/mol. The third-order valence-electron chi connectivity index (χ3n) is 6.66. The first-order chi connectivity index (χ1) is 13.5. The van der Waals surface area contributed by atoms with Crippen molar-refractivity contribution in [2.45, 2.75) is 65.3 Å². The Labute approximate surface area is 168 Å². The van der Waals surface area contributed by atoms with Gasteiger partial charge in [-0.1, -0.05) is 12.5 Å². The maximum atomic E-state index is 12.6. The van der Waals surface area contributed by atoms with E-state index in [-0.39, 0.29) is 6.03 Å². The van der Waals surface area contributed by atoms with E-state index in [4.69, 9.17) is 4.98 Å². The van der Waals surface area contributed by atoms with E-state index in [2.05, 4.69) is 36.7 Å². The number of likely N-dealkylation sites (tertiary alicyclic amines) is 1. The van der Waals surface area contributed by atoms with Gasteiger partial charge in [-0.05, 0) is 75.6 Å². The van der Waals surface area contributed by atoms with Gasteiger partial charge >= 0.3 is 6.03 Å². The largest absolute Gasteiger partial charge is 0.332 e. The number of urea groups is 1. The Bertz CT molecular complexity index is 844. The number of aryl methyl sites for hydroxylation is 3. The van der Waals surface area contributed by atoms with Crippen LogP contribution in [0.4, 0.5) is 10.5 Å². The number of carbonyl (C=O) groups is 1. The van der Waals surface area contributed by atoms with E-state index in [1.165, 1.54) is 41.9 Å². The zero-order valence-electron chi connectivity index (χ0n) is 17.4. The summed E-state index contributed by atoms with van der Waals surface area (Å²) in [6.45, 7) is 9.03. The number of hydrogen-bond donors (Lipinski definition) is 1. The quantitative estimate of drug-likeness (QED) is 0.810. The van der Waals surface area contributed by atoms with Crippen molar-refractivity contribution in [3.8, 4) is 0 Å². The monoisotopic (exact) mass is 380 g/mol. The lowest BCUT2D eigenvalue weighted by molar-refractivity contribution is 0.175. The number of nitrogens with one attached hydrogen (secondary N) is 1. The molecule has 1 aliphatic carbocycles. The van der Waals surface area contributed by atoms with Crippen LogP contribution in [0.3, 0.4) is 0 Å². The molecule has 4 rings (SSSR count). The second kappa shape index (κ2) is 7.98. The van der Waals surface area contributed by atoms with E-state index >= 15 is 0 Å². The Kier molecular flexibility index (Phi) is 5.42. The molecule has 1 aromatic carbocycles. The van der Waals surface area contributed by atoms with Crippen LogP contribution >= 0.6 is 0 Å². The van der Waals surface area contributed by atoms with Crippen LogP contribution in [0.25, 0.3) is 0 Å². The van der Waals surface area contributed by atoms with Gasteiger partial charge in [-0.15, -0.1) is 0 Å². The third-order valence-corrected chi connectivity index (χ3v) is 6.66. The van der Waals surface area contributed by atoms with Gasteiger partial charge in [0, 0.05) is 43.1 Å². The summed E-state index contributed by atoms with van der Waals surface area (Å²) in [6, 6.07) is 6.11. The standard InChI is InChI=1S/C23H32N4O/c1-16-7-8-21(13-17(16)2)25-23(28)26-11-9-19(10-12-26)15-27-18(3)14-24-22(27)20-5-4-6-20/h7-8,13-14,19-20H,4-6,9-12,15H2,1-3H3,(H,25,28). The average Bonchev–Trinajstić information content (AvgIpc) is 2.98. The van der Waals surface area contributed by atoms with Crippen LogP contribution in [-0.4, -0.2) is 33.6 Å². The summed E-state index contributed by atoms with van der Waals surface area (Å²) in [4.78, 5) is 19.3. The molecule has 1 saturated carbocycles. The molecule has 2 aromatic rings. The van der Waals surface area contributed by atoms with Crippen LogP contribution in [0.2, 0.25) is 0 Å². The third kappa shape index (κ3) is 3.94. The molecule has 150 valence electrons. The maximum Gasteiger partial charge on any atom is 0.321 e. The maximum absolute atomic E-state index is 12.6. The second-order valence-electron chi connectivity index (χ2n) is 8.66. The minimum absolute atomic E-state index is 0.0238. The molecular formula is C23H32N4O. The number of amides is 2. The number of rotatable bonds is 4. The molecule has 0 spiro atoms. The van der Waals surface area contributed by atoms with Crippen molar-refractivity contribution >= 4 is 11.7 Å². The summed E-state index contributed by atoms with van der Waals surface area (Å²) >= 11 is 0. The summed E-state index contributed by atoms with van der Waals surface area (Å²) in [5, 5.41) is 3.06. The Morgan fingerprint density at radius 3 is 2.50 bits per heavy atom. The normalized spacial score (nSPS) is 18.2. The number of benzene rings is 1. The molecule has 2 fully saturated rings. The van der Waals surface area contributed by atoms with Gasteiger partial charge in [0.1, 0.15) is 5.82 Å². The lowest BCUT2D eigenvalue weighted by Gasteiger charge is -2.33. The first kappa shape index (κ1) is 19.0. The summed E-state index contributed by atoms with van der Waals surface area (Å²) in [6.07, 6.45) is 8.05. The molecule has 1 N–H and O–H groups in total. The Morgan fingerprint density at radius 2 is 1.86 bits per heavy atom. The number of nitrogens with zero attached hydrogens (tertiary/aromatic N) is 3. The van der Waals surface area contributed by atoms with Gasteiger partial charge in [0.2, 0.25) is 0 Å². The van der Waals surface area contributed by atoms with Crippen LogP contribution < -0.4 is 5.32 Å². The highest BCUT2D eigenvalue weighted by Crippen LogP contribution is 2.36. The number of piperidine rings is 1. The van der Waals surface area contributed by atoms with Gasteiger partial charge in [-0.25, -0.2) is 9.78 Å². The van der Waals surface area contributed by atoms with E-state index in [0.29, 0.717) is 11.8 Å². The minimum atomic E-state index is 0.0238. The van der Waals surface area contributed by atoms with E-state index in [0.717, 1.165) is 38.2 Å². The highest BCUT2D eigenvalue weighted by molar-refractivity contribution is 5.89. The van der Waals surface area contributed by atoms with E-state index in [1.807, 2.05) is 23.2 Å². The van der Waals surface area contributed by atoms with Crippen LogP contribution in [0, 0.1) is 26.7 Å². The highest BCUT2D eigenvalue weighted by atomic mass is 16.2. The fraction of sp³-hybridized carbons (Fsp3) is 0.565. The van der Waals surface area contributed by atoms with Crippen LogP contribution in [-0.2, 0) is 6.54 Å². The van der Waals surface area contributed by atoms with Crippen molar-refractivity contribution < 1.29 is 4.79 Å².